The number of hydrogen-bond acceptors (Lipinski definition) is 5. The Morgan fingerprint density at radius 2 is 1.54 bits per heavy atom. The molecule has 7 heteroatoms. The van der Waals surface area contributed by atoms with E-state index in [1.165, 1.54) is 5.56 Å². The van der Waals surface area contributed by atoms with E-state index in [2.05, 4.69) is 37.8 Å². The third-order valence-corrected chi connectivity index (χ3v) is 8.97. The third-order valence-electron chi connectivity index (χ3n) is 8.97. The van der Waals surface area contributed by atoms with E-state index < -0.39 is 0 Å². The van der Waals surface area contributed by atoms with Gasteiger partial charge in [-0.15, -0.1) is 0 Å². The molecule has 1 aliphatic carbocycles. The van der Waals surface area contributed by atoms with Crippen LogP contribution in [0.4, 0.5) is 11.5 Å². The van der Waals surface area contributed by atoms with E-state index in [9.17, 15) is 9.59 Å². The number of hydrogen-bond donors (Lipinski definition) is 0. The van der Waals surface area contributed by atoms with Crippen LogP contribution in [0.1, 0.15) is 52.6 Å². The molecule has 0 radical (unpaired) electrons. The number of pyridine rings is 1. The second-order valence-electron chi connectivity index (χ2n) is 12.8. The van der Waals surface area contributed by atoms with E-state index in [4.69, 9.17) is 9.72 Å². The highest BCUT2D eigenvalue weighted by Crippen LogP contribution is 2.52. The fourth-order valence-electron chi connectivity index (χ4n) is 6.27. The molecular weight excluding hydrogens is 512 g/mol. The summed E-state index contributed by atoms with van der Waals surface area (Å²) in [5.74, 6) is 2.21. The van der Waals surface area contributed by atoms with Gasteiger partial charge >= 0.3 is 0 Å². The molecule has 214 valence electrons. The number of benzene rings is 2. The molecule has 1 saturated carbocycles. The van der Waals surface area contributed by atoms with Gasteiger partial charge in [0, 0.05) is 43.9 Å². The largest absolute Gasteiger partial charge is 0.378 e. The number of rotatable bonds is 6. The number of morpholine rings is 1. The van der Waals surface area contributed by atoms with Crippen LogP contribution in [-0.4, -0.2) is 67.6 Å². The number of nitrogens with zero attached hydrogens (tertiary/aromatic N) is 4. The topological polar surface area (TPSA) is 66.0 Å². The summed E-state index contributed by atoms with van der Waals surface area (Å²) in [5, 5.41) is 0. The van der Waals surface area contributed by atoms with E-state index in [1.54, 1.807) is 0 Å². The molecule has 2 aliphatic heterocycles. The molecule has 1 aromatic heterocycles. The number of piperidine rings is 1. The number of fused-ring (bicyclic) bond motifs is 1. The molecule has 0 bridgehead atoms. The molecule has 6 rings (SSSR count). The molecule has 0 N–H and O–H groups in total. The average molecular weight is 553 g/mol. The van der Waals surface area contributed by atoms with Gasteiger partial charge in [-0.2, -0.15) is 0 Å². The molecule has 3 fully saturated rings. The number of aryl methyl sites for hydroxylation is 1. The van der Waals surface area contributed by atoms with Crippen LogP contribution in [0.15, 0.2) is 66.9 Å². The van der Waals surface area contributed by atoms with Crippen molar-refractivity contribution < 1.29 is 14.3 Å². The number of aromatic nitrogens is 1. The van der Waals surface area contributed by atoms with Gasteiger partial charge in [-0.05, 0) is 72.1 Å². The maximum atomic E-state index is 13.8. The van der Waals surface area contributed by atoms with Gasteiger partial charge in [-0.1, -0.05) is 50.6 Å². The van der Waals surface area contributed by atoms with Gasteiger partial charge in [-0.25, -0.2) is 4.98 Å². The van der Waals surface area contributed by atoms with E-state index >= 15 is 0 Å². The Labute approximate surface area is 243 Å². The van der Waals surface area contributed by atoms with Crippen molar-refractivity contribution in [3.63, 3.8) is 0 Å². The van der Waals surface area contributed by atoms with Crippen LogP contribution >= 0.6 is 0 Å². The second kappa shape index (κ2) is 10.9. The molecule has 2 amide bonds. The Kier molecular flexibility index (Phi) is 7.32. The number of carbonyl (C=O) groups excluding carboxylic acids is 2. The lowest BCUT2D eigenvalue weighted by atomic mass is 9.86. The Balaban J connectivity index is 1.15. The normalized spacial score (nSPS) is 21.9. The van der Waals surface area contributed by atoms with Gasteiger partial charge in [0.25, 0.3) is 11.8 Å². The molecule has 3 heterocycles. The monoisotopic (exact) mass is 552 g/mol. The van der Waals surface area contributed by atoms with Crippen molar-refractivity contribution in [3.8, 4) is 0 Å². The van der Waals surface area contributed by atoms with Crippen LogP contribution in [0.3, 0.4) is 0 Å². The molecular formula is C34H40N4O3. The number of anilines is 2. The summed E-state index contributed by atoms with van der Waals surface area (Å²) in [7, 11) is 0. The fourth-order valence-corrected chi connectivity index (χ4v) is 6.27. The predicted molar refractivity (Wildman–Crippen MR) is 162 cm³/mol. The SMILES string of the molecule is Cc1ccc(C(=O)N(CC2C3CN(C(=O)c4ccc(C(C)(C)C)cc4)CC32)c2ccc(N3CCOCC3)nc2)cc1. The minimum absolute atomic E-state index is 0.0113. The molecule has 2 saturated heterocycles. The van der Waals surface area contributed by atoms with Crippen LogP contribution in [-0.2, 0) is 10.2 Å². The van der Waals surface area contributed by atoms with Crippen molar-refractivity contribution in [2.75, 3.05) is 55.7 Å². The van der Waals surface area contributed by atoms with Crippen LogP contribution in [0.2, 0.25) is 0 Å². The van der Waals surface area contributed by atoms with Gasteiger partial charge in [0.15, 0.2) is 0 Å². The molecule has 3 aliphatic rings. The molecule has 2 aromatic carbocycles. The lowest BCUT2D eigenvalue weighted by Gasteiger charge is -2.29. The van der Waals surface area contributed by atoms with Crippen LogP contribution in [0.5, 0.6) is 0 Å². The highest BCUT2D eigenvalue weighted by molar-refractivity contribution is 6.06. The first-order valence-electron chi connectivity index (χ1n) is 14.8. The maximum absolute atomic E-state index is 13.8. The number of ether oxygens (including phenoxy) is 1. The standard InChI is InChI=1S/C34H40N4O3/c1-23-5-7-25(8-6-23)33(40)38(27-13-14-31(35-19-27)36-15-17-41-18-16-36)22-30-28-20-37(21-29(28)30)32(39)24-9-11-26(12-10-24)34(2,3)4/h5-14,19,28-30H,15-18,20-22H2,1-4H3. The fraction of sp³-hybridized carbons (Fsp3) is 0.441. The van der Waals surface area contributed by atoms with Gasteiger partial charge in [0.1, 0.15) is 5.82 Å². The van der Waals surface area contributed by atoms with Crippen molar-refractivity contribution in [2.45, 2.75) is 33.1 Å². The quantitative estimate of drug-likeness (QED) is 0.421. The van der Waals surface area contributed by atoms with Gasteiger partial charge in [0.2, 0.25) is 0 Å². The average Bonchev–Trinajstić information content (AvgIpc) is 3.42. The third kappa shape index (κ3) is 5.73. The first-order chi connectivity index (χ1) is 19.7. The number of likely N-dealkylation sites (tertiary alicyclic amines) is 1. The molecule has 41 heavy (non-hydrogen) atoms. The minimum Gasteiger partial charge on any atom is -0.378 e. The van der Waals surface area contributed by atoms with Crippen molar-refractivity contribution in [1.29, 1.82) is 0 Å². The van der Waals surface area contributed by atoms with E-state index in [-0.39, 0.29) is 17.2 Å². The first kappa shape index (κ1) is 27.5. The maximum Gasteiger partial charge on any atom is 0.258 e. The Morgan fingerprint density at radius 3 is 2.12 bits per heavy atom. The number of amides is 2. The summed E-state index contributed by atoms with van der Waals surface area (Å²) < 4.78 is 5.48. The summed E-state index contributed by atoms with van der Waals surface area (Å²) in [6.45, 7) is 13.7. The zero-order valence-corrected chi connectivity index (χ0v) is 24.5. The van der Waals surface area contributed by atoms with Crippen LogP contribution < -0.4 is 9.80 Å². The van der Waals surface area contributed by atoms with Crippen LogP contribution in [0.25, 0.3) is 0 Å². The highest BCUT2D eigenvalue weighted by atomic mass is 16.5. The Bertz CT molecular complexity index is 1380. The summed E-state index contributed by atoms with van der Waals surface area (Å²) in [6.07, 6.45) is 1.83. The second-order valence-corrected chi connectivity index (χ2v) is 12.8. The zero-order chi connectivity index (χ0) is 28.7. The summed E-state index contributed by atoms with van der Waals surface area (Å²) in [5.41, 5.74) is 4.64. The number of carbonyl (C=O) groups is 2. The van der Waals surface area contributed by atoms with Gasteiger partial charge < -0.3 is 19.4 Å². The summed E-state index contributed by atoms with van der Waals surface area (Å²) in [4.78, 5) is 37.9. The Hall–Kier alpha value is -3.71. The lowest BCUT2D eigenvalue weighted by Crippen LogP contribution is -2.38. The van der Waals surface area contributed by atoms with E-state index in [0.29, 0.717) is 43.1 Å². The van der Waals surface area contributed by atoms with Crippen molar-refractivity contribution in [2.24, 2.45) is 17.8 Å². The minimum atomic E-state index is -0.0113. The molecule has 0 spiro atoms. The van der Waals surface area contributed by atoms with Gasteiger partial charge in [-0.3, -0.25) is 9.59 Å². The van der Waals surface area contributed by atoms with E-state index in [1.807, 2.05) is 71.5 Å². The molecule has 3 aromatic rings. The highest BCUT2D eigenvalue weighted by Gasteiger charge is 2.57. The molecule has 2 atom stereocenters. The zero-order valence-electron chi connectivity index (χ0n) is 24.5. The van der Waals surface area contributed by atoms with Crippen molar-refractivity contribution in [3.05, 3.63) is 89.1 Å². The van der Waals surface area contributed by atoms with Crippen LogP contribution in [0, 0.1) is 24.7 Å². The predicted octanol–water partition coefficient (Wildman–Crippen LogP) is 5.19. The van der Waals surface area contributed by atoms with E-state index in [0.717, 1.165) is 48.8 Å². The summed E-state index contributed by atoms with van der Waals surface area (Å²) in [6, 6.07) is 19.8. The molecule has 7 nitrogen and oxygen atoms in total. The lowest BCUT2D eigenvalue weighted by molar-refractivity contribution is 0.0766. The van der Waals surface area contributed by atoms with Crippen molar-refractivity contribution in [1.82, 2.24) is 9.88 Å². The van der Waals surface area contributed by atoms with Crippen molar-refractivity contribution >= 4 is 23.3 Å². The Morgan fingerprint density at radius 1 is 0.902 bits per heavy atom. The van der Waals surface area contributed by atoms with Gasteiger partial charge in [0.05, 0.1) is 25.1 Å². The first-order valence-corrected chi connectivity index (χ1v) is 14.8. The smallest absolute Gasteiger partial charge is 0.258 e. The molecule has 2 unspecified atom stereocenters. The summed E-state index contributed by atoms with van der Waals surface area (Å²) >= 11 is 0.